The van der Waals surface area contributed by atoms with E-state index in [2.05, 4.69) is 33.7 Å². The summed E-state index contributed by atoms with van der Waals surface area (Å²) in [5, 5.41) is 0. The molecule has 0 aromatic carbocycles. The Morgan fingerprint density at radius 1 is 1.25 bits per heavy atom. The van der Waals surface area contributed by atoms with Gasteiger partial charge in [0.1, 0.15) is 24.3 Å². The highest BCUT2D eigenvalue weighted by Gasteiger charge is 2.32. The standard InChI is InChI=1S/C22H30N6O4/c1-14(2)27-7-6-16(13-27)32-18-5-4-15(11-24-18)12-28-19(29)10-17-20(23)25-22(26-21(17)28)31-9-8-30-3/h4-5,11,14,16H,6-10,12-13H2,1-3H3,(H2,23,25,26). The Morgan fingerprint density at radius 2 is 2.09 bits per heavy atom. The molecule has 0 aliphatic carbocycles. The van der Waals surface area contributed by atoms with Crippen molar-refractivity contribution in [2.24, 2.45) is 0 Å². The zero-order chi connectivity index (χ0) is 22.7. The summed E-state index contributed by atoms with van der Waals surface area (Å²) in [6.45, 7) is 7.37. The number of hydrogen-bond donors (Lipinski definition) is 1. The van der Waals surface area contributed by atoms with Crippen molar-refractivity contribution in [3.63, 3.8) is 0 Å². The molecule has 0 spiro atoms. The molecule has 1 unspecified atom stereocenters. The van der Waals surface area contributed by atoms with Gasteiger partial charge in [-0.05, 0) is 25.8 Å². The van der Waals surface area contributed by atoms with Gasteiger partial charge in [0.25, 0.3) is 0 Å². The van der Waals surface area contributed by atoms with Crippen LogP contribution in [0.25, 0.3) is 0 Å². The van der Waals surface area contributed by atoms with Crippen LogP contribution >= 0.6 is 0 Å². The number of pyridine rings is 1. The van der Waals surface area contributed by atoms with Crippen molar-refractivity contribution >= 4 is 17.5 Å². The maximum Gasteiger partial charge on any atom is 0.320 e. The number of nitrogens with two attached hydrogens (primary N) is 1. The quantitative estimate of drug-likeness (QED) is 0.576. The Bertz CT molecular complexity index is 952. The third kappa shape index (κ3) is 4.91. The van der Waals surface area contributed by atoms with Gasteiger partial charge in [-0.3, -0.25) is 14.6 Å². The lowest BCUT2D eigenvalue weighted by molar-refractivity contribution is -0.117. The van der Waals surface area contributed by atoms with Crippen LogP contribution < -0.4 is 20.1 Å². The Balaban J connectivity index is 1.42. The van der Waals surface area contributed by atoms with Gasteiger partial charge >= 0.3 is 6.01 Å². The van der Waals surface area contributed by atoms with Crippen molar-refractivity contribution in [3.05, 3.63) is 29.5 Å². The largest absolute Gasteiger partial charge is 0.473 e. The van der Waals surface area contributed by atoms with Crippen LogP contribution in [0.15, 0.2) is 18.3 Å². The number of hydrogen-bond acceptors (Lipinski definition) is 9. The SMILES string of the molecule is COCCOc1nc(N)c2c(n1)N(Cc1ccc(OC3CCN(C(C)C)C3)nc1)C(=O)C2. The molecule has 4 heterocycles. The lowest BCUT2D eigenvalue weighted by atomic mass is 10.2. The van der Waals surface area contributed by atoms with E-state index < -0.39 is 0 Å². The molecule has 2 N–H and O–H groups in total. The van der Waals surface area contributed by atoms with E-state index in [9.17, 15) is 4.79 Å². The number of carbonyl (C=O) groups is 1. The third-order valence-corrected chi connectivity index (χ3v) is 5.73. The van der Waals surface area contributed by atoms with Crippen LogP contribution in [0.2, 0.25) is 0 Å². The topological polar surface area (TPSA) is 116 Å². The highest BCUT2D eigenvalue weighted by molar-refractivity contribution is 6.01. The fourth-order valence-corrected chi connectivity index (χ4v) is 3.92. The summed E-state index contributed by atoms with van der Waals surface area (Å²) < 4.78 is 16.5. The molecule has 1 atom stereocenters. The summed E-state index contributed by atoms with van der Waals surface area (Å²) in [5.74, 6) is 1.25. The van der Waals surface area contributed by atoms with Crippen LogP contribution in [0.4, 0.5) is 11.6 Å². The van der Waals surface area contributed by atoms with E-state index >= 15 is 0 Å². The van der Waals surface area contributed by atoms with E-state index in [1.807, 2.05) is 12.1 Å². The average Bonchev–Trinajstić information content (AvgIpc) is 3.35. The molecule has 0 radical (unpaired) electrons. The summed E-state index contributed by atoms with van der Waals surface area (Å²) >= 11 is 0. The van der Waals surface area contributed by atoms with Gasteiger partial charge < -0.3 is 19.9 Å². The van der Waals surface area contributed by atoms with Crippen molar-refractivity contribution in [1.82, 2.24) is 19.9 Å². The lowest BCUT2D eigenvalue weighted by Gasteiger charge is -2.20. The normalized spacial score (nSPS) is 18.4. The molecule has 10 nitrogen and oxygen atoms in total. The fourth-order valence-electron chi connectivity index (χ4n) is 3.92. The maximum absolute atomic E-state index is 12.6. The minimum absolute atomic E-state index is 0.0879. The Labute approximate surface area is 187 Å². The van der Waals surface area contributed by atoms with Crippen LogP contribution in [0.3, 0.4) is 0 Å². The van der Waals surface area contributed by atoms with Crippen molar-refractivity contribution in [3.8, 4) is 11.9 Å². The summed E-state index contributed by atoms with van der Waals surface area (Å²) in [6, 6.07) is 4.42. The first kappa shape index (κ1) is 22.2. The first-order chi connectivity index (χ1) is 15.4. The number of rotatable bonds is 9. The van der Waals surface area contributed by atoms with Gasteiger partial charge in [-0.25, -0.2) is 4.98 Å². The van der Waals surface area contributed by atoms with Gasteiger partial charge in [0, 0.05) is 44.1 Å². The summed E-state index contributed by atoms with van der Waals surface area (Å²) in [7, 11) is 1.58. The number of nitrogen functional groups attached to an aromatic ring is 1. The van der Waals surface area contributed by atoms with Crippen LogP contribution in [-0.4, -0.2) is 71.3 Å². The second-order valence-corrected chi connectivity index (χ2v) is 8.31. The van der Waals surface area contributed by atoms with E-state index in [1.54, 1.807) is 18.2 Å². The maximum atomic E-state index is 12.6. The van der Waals surface area contributed by atoms with Gasteiger partial charge in [0.15, 0.2) is 0 Å². The van der Waals surface area contributed by atoms with Gasteiger partial charge in [0.2, 0.25) is 11.8 Å². The molecule has 2 aliphatic heterocycles. The Hall–Kier alpha value is -2.98. The number of nitrogens with zero attached hydrogens (tertiary/aromatic N) is 5. The molecule has 1 saturated heterocycles. The van der Waals surface area contributed by atoms with Crippen molar-refractivity contribution in [2.45, 2.75) is 45.4 Å². The number of ether oxygens (including phenoxy) is 3. The highest BCUT2D eigenvalue weighted by Crippen LogP contribution is 2.33. The zero-order valence-corrected chi connectivity index (χ0v) is 18.8. The molecule has 1 amide bonds. The molecule has 0 bridgehead atoms. The second kappa shape index (κ2) is 9.66. The Kier molecular flexibility index (Phi) is 6.71. The minimum atomic E-state index is -0.0879. The predicted molar refractivity (Wildman–Crippen MR) is 119 cm³/mol. The van der Waals surface area contributed by atoms with Crippen molar-refractivity contribution in [2.75, 3.05) is 44.0 Å². The van der Waals surface area contributed by atoms with Gasteiger partial charge in [0.05, 0.1) is 19.6 Å². The first-order valence-corrected chi connectivity index (χ1v) is 10.9. The van der Waals surface area contributed by atoms with E-state index in [4.69, 9.17) is 19.9 Å². The minimum Gasteiger partial charge on any atom is -0.473 e. The number of anilines is 2. The molecule has 2 aliphatic rings. The molecule has 2 aromatic rings. The van der Waals surface area contributed by atoms with Crippen LogP contribution in [0, 0.1) is 0 Å². The Morgan fingerprint density at radius 3 is 2.78 bits per heavy atom. The number of carbonyl (C=O) groups excluding carboxylic acids is 1. The van der Waals surface area contributed by atoms with Gasteiger partial charge in [-0.15, -0.1) is 0 Å². The molecule has 1 fully saturated rings. The van der Waals surface area contributed by atoms with Gasteiger partial charge in [-0.2, -0.15) is 9.97 Å². The summed E-state index contributed by atoms with van der Waals surface area (Å²) in [6.07, 6.45) is 3.05. The number of aromatic nitrogens is 3. The predicted octanol–water partition coefficient (Wildman–Crippen LogP) is 1.43. The van der Waals surface area contributed by atoms with E-state index in [-0.39, 0.29) is 30.3 Å². The van der Waals surface area contributed by atoms with Crippen LogP contribution in [-0.2, 0) is 22.5 Å². The monoisotopic (exact) mass is 442 g/mol. The number of likely N-dealkylation sites (tertiary alicyclic amines) is 1. The molecular formula is C22H30N6O4. The smallest absolute Gasteiger partial charge is 0.320 e. The fraction of sp³-hybridized carbons (Fsp3) is 0.545. The summed E-state index contributed by atoms with van der Waals surface area (Å²) in [5.41, 5.74) is 7.54. The molecule has 2 aromatic heterocycles. The highest BCUT2D eigenvalue weighted by atomic mass is 16.5. The molecule has 32 heavy (non-hydrogen) atoms. The van der Waals surface area contributed by atoms with Gasteiger partial charge in [-0.1, -0.05) is 6.07 Å². The van der Waals surface area contributed by atoms with Crippen LogP contribution in [0.1, 0.15) is 31.4 Å². The molecule has 0 saturated carbocycles. The molecule has 10 heteroatoms. The van der Waals surface area contributed by atoms with E-state index in [1.165, 1.54) is 0 Å². The first-order valence-electron chi connectivity index (χ1n) is 10.9. The molecular weight excluding hydrogens is 412 g/mol. The summed E-state index contributed by atoms with van der Waals surface area (Å²) in [4.78, 5) is 29.6. The number of fused-ring (bicyclic) bond motifs is 1. The second-order valence-electron chi connectivity index (χ2n) is 8.31. The lowest BCUT2D eigenvalue weighted by Crippen LogP contribution is -2.30. The number of amides is 1. The van der Waals surface area contributed by atoms with Crippen molar-refractivity contribution < 1.29 is 19.0 Å². The van der Waals surface area contributed by atoms with Crippen molar-refractivity contribution in [1.29, 1.82) is 0 Å². The average molecular weight is 443 g/mol. The number of methoxy groups -OCH3 is 1. The zero-order valence-electron chi connectivity index (χ0n) is 18.8. The van der Waals surface area contributed by atoms with E-state index in [0.29, 0.717) is 43.1 Å². The molecule has 4 rings (SSSR count). The van der Waals surface area contributed by atoms with Crippen LogP contribution in [0.5, 0.6) is 11.9 Å². The third-order valence-electron chi connectivity index (χ3n) is 5.73. The van der Waals surface area contributed by atoms with E-state index in [0.717, 1.165) is 25.1 Å². The molecule has 172 valence electrons.